The molecular weight excluding hydrogens is 348 g/mol. The van der Waals surface area contributed by atoms with Gasteiger partial charge in [0.2, 0.25) is 11.8 Å². The van der Waals surface area contributed by atoms with Gasteiger partial charge in [0.1, 0.15) is 6.42 Å². The molecule has 1 atom stereocenters. The van der Waals surface area contributed by atoms with Gasteiger partial charge in [-0.25, -0.2) is 13.2 Å². The standard InChI is InChI=1S/C16H20N2O6S/c1-2-24-16(21)12-5-3-4-6-13(12)18-15(20)9-14(19)17-11-7-8-25(22,23)10-11/h3-6,11H,2,7-10H2,1H3,(H,17,19)(H,18,20). The Balaban J connectivity index is 1.92. The van der Waals surface area contributed by atoms with Gasteiger partial charge in [-0.3, -0.25) is 9.59 Å². The molecular formula is C16H20N2O6S. The Morgan fingerprint density at radius 1 is 1.20 bits per heavy atom. The minimum Gasteiger partial charge on any atom is -0.462 e. The second-order valence-electron chi connectivity index (χ2n) is 5.66. The van der Waals surface area contributed by atoms with Crippen molar-refractivity contribution in [3.63, 3.8) is 0 Å². The third-order valence-electron chi connectivity index (χ3n) is 3.62. The number of benzene rings is 1. The van der Waals surface area contributed by atoms with Crippen LogP contribution in [0.1, 0.15) is 30.1 Å². The highest BCUT2D eigenvalue weighted by molar-refractivity contribution is 7.91. The number of hydrogen-bond acceptors (Lipinski definition) is 6. The number of anilines is 1. The number of amides is 2. The summed E-state index contributed by atoms with van der Waals surface area (Å²) in [6.07, 6.45) is -0.116. The molecule has 136 valence electrons. The lowest BCUT2D eigenvalue weighted by atomic mass is 10.1. The second kappa shape index (κ2) is 8.11. The van der Waals surface area contributed by atoms with Crippen molar-refractivity contribution in [3.05, 3.63) is 29.8 Å². The second-order valence-corrected chi connectivity index (χ2v) is 7.89. The summed E-state index contributed by atoms with van der Waals surface area (Å²) in [5, 5.41) is 5.04. The number of esters is 1. The molecule has 1 aliphatic rings. The molecule has 25 heavy (non-hydrogen) atoms. The number of hydrogen-bond donors (Lipinski definition) is 2. The largest absolute Gasteiger partial charge is 0.462 e. The molecule has 0 aromatic heterocycles. The monoisotopic (exact) mass is 368 g/mol. The fourth-order valence-electron chi connectivity index (χ4n) is 2.51. The van der Waals surface area contributed by atoms with Crippen molar-refractivity contribution >= 4 is 33.3 Å². The molecule has 1 aliphatic heterocycles. The smallest absolute Gasteiger partial charge is 0.340 e. The molecule has 1 saturated heterocycles. The van der Waals surface area contributed by atoms with Crippen LogP contribution in [0.15, 0.2) is 24.3 Å². The van der Waals surface area contributed by atoms with Crippen LogP contribution in [-0.4, -0.2) is 50.4 Å². The molecule has 2 rings (SSSR count). The number of nitrogens with one attached hydrogen (secondary N) is 2. The van der Waals surface area contributed by atoms with Gasteiger partial charge in [0.05, 0.1) is 29.4 Å². The van der Waals surface area contributed by atoms with Gasteiger partial charge >= 0.3 is 5.97 Å². The van der Waals surface area contributed by atoms with Crippen LogP contribution in [0.5, 0.6) is 0 Å². The highest BCUT2D eigenvalue weighted by Crippen LogP contribution is 2.17. The Kier molecular flexibility index (Phi) is 6.13. The van der Waals surface area contributed by atoms with E-state index in [0.717, 1.165) is 0 Å². The Morgan fingerprint density at radius 3 is 2.56 bits per heavy atom. The van der Waals surface area contributed by atoms with E-state index in [1.807, 2.05) is 0 Å². The number of rotatable bonds is 6. The molecule has 0 aliphatic carbocycles. The topological polar surface area (TPSA) is 119 Å². The maximum absolute atomic E-state index is 12.0. The molecule has 1 unspecified atom stereocenters. The first-order chi connectivity index (χ1) is 11.8. The van der Waals surface area contributed by atoms with E-state index in [0.29, 0.717) is 6.42 Å². The molecule has 9 heteroatoms. The lowest BCUT2D eigenvalue weighted by Crippen LogP contribution is -2.37. The Bertz CT molecular complexity index is 775. The summed E-state index contributed by atoms with van der Waals surface area (Å²) in [7, 11) is -3.11. The normalized spacial score (nSPS) is 18.4. The van der Waals surface area contributed by atoms with Crippen molar-refractivity contribution in [3.8, 4) is 0 Å². The van der Waals surface area contributed by atoms with E-state index in [2.05, 4.69) is 10.6 Å². The third kappa shape index (κ3) is 5.56. The molecule has 0 radical (unpaired) electrons. The summed E-state index contributed by atoms with van der Waals surface area (Å²) in [6, 6.07) is 5.86. The molecule has 0 saturated carbocycles. The van der Waals surface area contributed by atoms with E-state index in [-0.39, 0.29) is 29.4 Å². The first-order valence-electron chi connectivity index (χ1n) is 7.86. The van der Waals surface area contributed by atoms with Crippen LogP contribution in [0.25, 0.3) is 0 Å². The predicted octanol–water partition coefficient (Wildman–Crippen LogP) is 0.495. The molecule has 0 bridgehead atoms. The first kappa shape index (κ1) is 18.9. The quantitative estimate of drug-likeness (QED) is 0.557. The highest BCUT2D eigenvalue weighted by Gasteiger charge is 2.29. The van der Waals surface area contributed by atoms with Gasteiger partial charge < -0.3 is 15.4 Å². The number of para-hydroxylation sites is 1. The van der Waals surface area contributed by atoms with Crippen molar-refractivity contribution in [2.45, 2.75) is 25.8 Å². The van der Waals surface area contributed by atoms with Crippen LogP contribution < -0.4 is 10.6 Å². The van der Waals surface area contributed by atoms with Gasteiger partial charge in [0.25, 0.3) is 0 Å². The van der Waals surface area contributed by atoms with Crippen LogP contribution in [0.3, 0.4) is 0 Å². The first-order valence-corrected chi connectivity index (χ1v) is 9.68. The molecule has 2 N–H and O–H groups in total. The minimum atomic E-state index is -3.11. The molecule has 1 aromatic carbocycles. The summed E-state index contributed by atoms with van der Waals surface area (Å²) in [5.74, 6) is -1.80. The fraction of sp³-hybridized carbons (Fsp3) is 0.438. The zero-order valence-electron chi connectivity index (χ0n) is 13.8. The minimum absolute atomic E-state index is 0.0387. The third-order valence-corrected chi connectivity index (χ3v) is 5.38. The van der Waals surface area contributed by atoms with Crippen LogP contribution in [-0.2, 0) is 24.2 Å². The fourth-order valence-corrected chi connectivity index (χ4v) is 4.18. The van der Waals surface area contributed by atoms with Gasteiger partial charge in [0, 0.05) is 6.04 Å². The summed E-state index contributed by atoms with van der Waals surface area (Å²) in [5.41, 5.74) is 0.446. The van der Waals surface area contributed by atoms with Crippen molar-refractivity contribution in [2.75, 3.05) is 23.4 Å². The highest BCUT2D eigenvalue weighted by atomic mass is 32.2. The van der Waals surface area contributed by atoms with Crippen molar-refractivity contribution < 1.29 is 27.5 Å². The van der Waals surface area contributed by atoms with Gasteiger partial charge in [0.15, 0.2) is 9.84 Å². The van der Waals surface area contributed by atoms with Crippen LogP contribution in [0.2, 0.25) is 0 Å². The molecule has 8 nitrogen and oxygen atoms in total. The molecule has 1 heterocycles. The zero-order chi connectivity index (χ0) is 18.4. The summed E-state index contributed by atoms with van der Waals surface area (Å²) < 4.78 is 27.6. The maximum atomic E-state index is 12.0. The van der Waals surface area contributed by atoms with Gasteiger partial charge in [-0.15, -0.1) is 0 Å². The lowest BCUT2D eigenvalue weighted by Gasteiger charge is -2.12. The predicted molar refractivity (Wildman–Crippen MR) is 90.8 cm³/mol. The van der Waals surface area contributed by atoms with E-state index >= 15 is 0 Å². The number of carbonyl (C=O) groups excluding carboxylic acids is 3. The Labute approximate surface area is 145 Å². The van der Waals surface area contributed by atoms with E-state index < -0.39 is 40.1 Å². The van der Waals surface area contributed by atoms with Crippen LogP contribution in [0.4, 0.5) is 5.69 Å². The maximum Gasteiger partial charge on any atom is 0.340 e. The lowest BCUT2D eigenvalue weighted by molar-refractivity contribution is -0.127. The van der Waals surface area contributed by atoms with E-state index in [1.165, 1.54) is 12.1 Å². The summed E-state index contributed by atoms with van der Waals surface area (Å²) in [6.45, 7) is 1.88. The van der Waals surface area contributed by atoms with Crippen LogP contribution >= 0.6 is 0 Å². The van der Waals surface area contributed by atoms with Gasteiger partial charge in [-0.2, -0.15) is 0 Å². The SMILES string of the molecule is CCOC(=O)c1ccccc1NC(=O)CC(=O)NC1CCS(=O)(=O)C1. The van der Waals surface area contributed by atoms with E-state index in [9.17, 15) is 22.8 Å². The molecule has 0 spiro atoms. The van der Waals surface area contributed by atoms with Crippen LogP contribution in [0, 0.1) is 0 Å². The van der Waals surface area contributed by atoms with Crippen molar-refractivity contribution in [2.24, 2.45) is 0 Å². The van der Waals surface area contributed by atoms with Gasteiger partial charge in [-0.05, 0) is 25.5 Å². The zero-order valence-corrected chi connectivity index (χ0v) is 14.6. The Morgan fingerprint density at radius 2 is 1.92 bits per heavy atom. The number of carbonyl (C=O) groups is 3. The van der Waals surface area contributed by atoms with E-state index in [1.54, 1.807) is 19.1 Å². The van der Waals surface area contributed by atoms with E-state index in [4.69, 9.17) is 4.74 Å². The van der Waals surface area contributed by atoms with Gasteiger partial charge in [-0.1, -0.05) is 12.1 Å². The van der Waals surface area contributed by atoms with Crippen molar-refractivity contribution in [1.82, 2.24) is 5.32 Å². The molecule has 1 fully saturated rings. The molecule has 1 aromatic rings. The average Bonchev–Trinajstić information content (AvgIpc) is 2.86. The molecule has 2 amide bonds. The summed E-state index contributed by atoms with van der Waals surface area (Å²) >= 11 is 0. The van der Waals surface area contributed by atoms with Crippen molar-refractivity contribution in [1.29, 1.82) is 0 Å². The number of ether oxygens (including phenoxy) is 1. The Hall–Kier alpha value is -2.42. The number of sulfone groups is 1. The average molecular weight is 368 g/mol. The summed E-state index contributed by atoms with van der Waals surface area (Å²) in [4.78, 5) is 35.7.